The molecule has 2 aliphatic rings. The standard InChI is InChI=1S/C16H24N2O3S/c1-2-21-14-11-20-10-13(14)17-12-5-7-18(8-6-12)16(19)15-4-3-9-22-15/h3-4,9,12-14,17H,2,5-8,10-11H2,1H3. The minimum absolute atomic E-state index is 0.163. The number of hydrogen-bond donors (Lipinski definition) is 1. The molecule has 2 unspecified atom stereocenters. The maximum atomic E-state index is 12.3. The number of ether oxygens (including phenoxy) is 2. The molecule has 0 spiro atoms. The van der Waals surface area contributed by atoms with Crippen molar-refractivity contribution in [3.05, 3.63) is 22.4 Å². The van der Waals surface area contributed by atoms with Gasteiger partial charge in [0.1, 0.15) is 0 Å². The Balaban J connectivity index is 1.46. The molecule has 0 aromatic carbocycles. The number of carbonyl (C=O) groups excluding carboxylic acids is 1. The second-order valence-corrected chi connectivity index (χ2v) is 6.80. The van der Waals surface area contributed by atoms with Crippen molar-refractivity contribution in [1.29, 1.82) is 0 Å². The summed E-state index contributed by atoms with van der Waals surface area (Å²) >= 11 is 1.52. The van der Waals surface area contributed by atoms with Crippen molar-refractivity contribution in [2.45, 2.75) is 38.0 Å². The van der Waals surface area contributed by atoms with Crippen LogP contribution >= 0.6 is 11.3 Å². The molecule has 6 heteroatoms. The summed E-state index contributed by atoms with van der Waals surface area (Å²) in [6, 6.07) is 4.56. The molecule has 2 fully saturated rings. The van der Waals surface area contributed by atoms with Crippen molar-refractivity contribution in [3.63, 3.8) is 0 Å². The molecule has 0 bridgehead atoms. The summed E-state index contributed by atoms with van der Waals surface area (Å²) in [6.07, 6.45) is 2.15. The molecule has 0 radical (unpaired) electrons. The van der Waals surface area contributed by atoms with Crippen LogP contribution in [-0.2, 0) is 9.47 Å². The molecule has 0 saturated carbocycles. The van der Waals surface area contributed by atoms with Crippen molar-refractivity contribution < 1.29 is 14.3 Å². The van der Waals surface area contributed by atoms with E-state index in [0.29, 0.717) is 12.6 Å². The molecule has 22 heavy (non-hydrogen) atoms. The second-order valence-electron chi connectivity index (χ2n) is 5.85. The summed E-state index contributed by atoms with van der Waals surface area (Å²) in [5.41, 5.74) is 0. The van der Waals surface area contributed by atoms with Gasteiger partial charge >= 0.3 is 0 Å². The van der Waals surface area contributed by atoms with Crippen LogP contribution in [0.1, 0.15) is 29.4 Å². The Labute approximate surface area is 135 Å². The third kappa shape index (κ3) is 3.68. The summed E-state index contributed by atoms with van der Waals surface area (Å²) in [4.78, 5) is 15.1. The summed E-state index contributed by atoms with van der Waals surface area (Å²) < 4.78 is 11.2. The quantitative estimate of drug-likeness (QED) is 0.896. The Kier molecular flexibility index (Phi) is 5.46. The molecule has 1 amide bonds. The molecule has 3 rings (SSSR count). The first-order valence-corrected chi connectivity index (χ1v) is 8.94. The maximum Gasteiger partial charge on any atom is 0.263 e. The third-order valence-electron chi connectivity index (χ3n) is 4.37. The van der Waals surface area contributed by atoms with Gasteiger partial charge in [0, 0.05) is 25.7 Å². The first kappa shape index (κ1) is 15.9. The van der Waals surface area contributed by atoms with Crippen LogP contribution in [0.4, 0.5) is 0 Å². The summed E-state index contributed by atoms with van der Waals surface area (Å²) in [5.74, 6) is 0.171. The lowest BCUT2D eigenvalue weighted by Crippen LogP contribution is -2.51. The van der Waals surface area contributed by atoms with Crippen molar-refractivity contribution in [1.82, 2.24) is 10.2 Å². The smallest absolute Gasteiger partial charge is 0.263 e. The number of nitrogens with one attached hydrogen (secondary N) is 1. The lowest BCUT2D eigenvalue weighted by atomic mass is 10.0. The van der Waals surface area contributed by atoms with E-state index in [9.17, 15) is 4.79 Å². The van der Waals surface area contributed by atoms with Gasteiger partial charge in [0.25, 0.3) is 5.91 Å². The fourth-order valence-electron chi connectivity index (χ4n) is 3.18. The second kappa shape index (κ2) is 7.55. The lowest BCUT2D eigenvalue weighted by Gasteiger charge is -2.34. The number of hydrogen-bond acceptors (Lipinski definition) is 5. The molecule has 5 nitrogen and oxygen atoms in total. The SMILES string of the molecule is CCOC1COCC1NC1CCN(C(=O)c2cccs2)CC1. The van der Waals surface area contributed by atoms with Gasteiger partial charge in [-0.3, -0.25) is 4.79 Å². The fraction of sp³-hybridized carbons (Fsp3) is 0.688. The van der Waals surface area contributed by atoms with E-state index in [2.05, 4.69) is 5.32 Å². The average Bonchev–Trinajstić information content (AvgIpc) is 3.20. The number of carbonyl (C=O) groups is 1. The molecule has 2 aliphatic heterocycles. The van der Waals surface area contributed by atoms with Crippen LogP contribution in [0, 0.1) is 0 Å². The molecular weight excluding hydrogens is 300 g/mol. The van der Waals surface area contributed by atoms with Crippen LogP contribution < -0.4 is 5.32 Å². The molecule has 2 atom stereocenters. The normalized spacial score (nSPS) is 26.5. The Morgan fingerprint density at radius 3 is 2.95 bits per heavy atom. The first-order chi connectivity index (χ1) is 10.8. The minimum atomic E-state index is 0.163. The van der Waals surface area contributed by atoms with Gasteiger partial charge in [-0.1, -0.05) is 6.07 Å². The largest absolute Gasteiger partial charge is 0.377 e. The Morgan fingerprint density at radius 1 is 1.45 bits per heavy atom. The minimum Gasteiger partial charge on any atom is -0.377 e. The highest BCUT2D eigenvalue weighted by Gasteiger charge is 2.32. The van der Waals surface area contributed by atoms with E-state index in [4.69, 9.17) is 9.47 Å². The van der Waals surface area contributed by atoms with Crippen molar-refractivity contribution >= 4 is 17.2 Å². The highest BCUT2D eigenvalue weighted by molar-refractivity contribution is 7.12. The fourth-order valence-corrected chi connectivity index (χ4v) is 3.87. The highest BCUT2D eigenvalue weighted by Crippen LogP contribution is 2.19. The van der Waals surface area contributed by atoms with Gasteiger partial charge in [-0.15, -0.1) is 11.3 Å². The zero-order valence-corrected chi connectivity index (χ0v) is 13.8. The Morgan fingerprint density at radius 2 is 2.27 bits per heavy atom. The van der Waals surface area contributed by atoms with Gasteiger partial charge in [-0.25, -0.2) is 0 Å². The Bertz CT molecular complexity index is 472. The summed E-state index contributed by atoms with van der Waals surface area (Å²) in [6.45, 7) is 5.78. The van der Waals surface area contributed by atoms with Gasteiger partial charge in [0.05, 0.1) is 30.2 Å². The number of rotatable bonds is 5. The number of likely N-dealkylation sites (tertiary alicyclic amines) is 1. The summed E-state index contributed by atoms with van der Waals surface area (Å²) in [7, 11) is 0. The van der Waals surface area contributed by atoms with Gasteiger partial charge in [0.15, 0.2) is 0 Å². The van der Waals surface area contributed by atoms with Crippen LogP contribution in [0.25, 0.3) is 0 Å². The zero-order chi connectivity index (χ0) is 15.4. The van der Waals surface area contributed by atoms with E-state index >= 15 is 0 Å². The van der Waals surface area contributed by atoms with Crippen LogP contribution in [0.2, 0.25) is 0 Å². The lowest BCUT2D eigenvalue weighted by molar-refractivity contribution is 0.0376. The molecule has 1 N–H and O–H groups in total. The van der Waals surface area contributed by atoms with E-state index < -0.39 is 0 Å². The van der Waals surface area contributed by atoms with Crippen LogP contribution in [0.5, 0.6) is 0 Å². The maximum absolute atomic E-state index is 12.3. The van der Waals surface area contributed by atoms with E-state index in [0.717, 1.165) is 44.0 Å². The van der Waals surface area contributed by atoms with Crippen LogP contribution in [0.3, 0.4) is 0 Å². The summed E-state index contributed by atoms with van der Waals surface area (Å²) in [5, 5.41) is 5.62. The van der Waals surface area contributed by atoms with Crippen molar-refractivity contribution in [2.75, 3.05) is 32.9 Å². The zero-order valence-electron chi connectivity index (χ0n) is 13.0. The van der Waals surface area contributed by atoms with Crippen LogP contribution in [0.15, 0.2) is 17.5 Å². The number of nitrogens with zero attached hydrogens (tertiary/aromatic N) is 1. The van der Waals surface area contributed by atoms with Crippen molar-refractivity contribution in [3.8, 4) is 0 Å². The predicted octanol–water partition coefficient (Wildman–Crippen LogP) is 1.75. The van der Waals surface area contributed by atoms with Crippen molar-refractivity contribution in [2.24, 2.45) is 0 Å². The van der Waals surface area contributed by atoms with Gasteiger partial charge in [-0.05, 0) is 31.2 Å². The predicted molar refractivity (Wildman–Crippen MR) is 86.4 cm³/mol. The van der Waals surface area contributed by atoms with E-state index in [1.807, 2.05) is 29.3 Å². The van der Waals surface area contributed by atoms with E-state index in [-0.39, 0.29) is 18.1 Å². The third-order valence-corrected chi connectivity index (χ3v) is 5.23. The monoisotopic (exact) mass is 324 g/mol. The topological polar surface area (TPSA) is 50.8 Å². The molecule has 0 aliphatic carbocycles. The van der Waals surface area contributed by atoms with E-state index in [1.165, 1.54) is 11.3 Å². The van der Waals surface area contributed by atoms with Gasteiger partial charge < -0.3 is 19.7 Å². The molecule has 3 heterocycles. The van der Waals surface area contributed by atoms with Crippen LogP contribution in [-0.4, -0.2) is 61.9 Å². The van der Waals surface area contributed by atoms with Gasteiger partial charge in [0.2, 0.25) is 0 Å². The number of amides is 1. The van der Waals surface area contributed by atoms with E-state index in [1.54, 1.807) is 0 Å². The van der Waals surface area contributed by atoms with Gasteiger partial charge in [-0.2, -0.15) is 0 Å². The first-order valence-electron chi connectivity index (χ1n) is 8.06. The number of thiophene rings is 1. The molecular formula is C16H24N2O3S. The molecule has 1 aromatic rings. The molecule has 1 aromatic heterocycles. The molecule has 122 valence electrons. The Hall–Kier alpha value is -0.950. The number of piperidine rings is 1. The highest BCUT2D eigenvalue weighted by atomic mass is 32.1. The average molecular weight is 324 g/mol. The molecule has 2 saturated heterocycles.